The Bertz CT molecular complexity index is 1250. The maximum Gasteiger partial charge on any atom is 0.530 e. The highest BCUT2D eigenvalue weighted by atomic mass is 35.5. The van der Waals surface area contributed by atoms with E-state index in [1.165, 1.54) is 0 Å². The third-order valence-corrected chi connectivity index (χ3v) is 6.29. The summed E-state index contributed by atoms with van der Waals surface area (Å²) >= 11 is 5.68. The highest BCUT2D eigenvalue weighted by molar-refractivity contribution is 7.49. The summed E-state index contributed by atoms with van der Waals surface area (Å²) < 4.78 is 57.6. The second kappa shape index (κ2) is 7.84. The number of H-pyrrole nitrogens is 1. The number of alkyl halides is 1. The number of phosphoric acid groups is 1. The number of aryl methyl sites for hydroxylation is 2. The number of aliphatic hydroxyl groups excluding tert-OH is 1. The molecule has 0 aliphatic carbocycles. The first-order valence-electron chi connectivity index (χ1n) is 9.62. The molecule has 3 heterocycles. The van der Waals surface area contributed by atoms with Gasteiger partial charge in [-0.15, -0.1) is 0 Å². The number of nitrogens with one attached hydrogen (secondary N) is 1. The fourth-order valence-corrected chi connectivity index (χ4v) is 4.85. The first kappa shape index (κ1) is 20.9. The second-order valence-corrected chi connectivity index (χ2v) is 9.31. The SMILES string of the molecule is [2H][C@@]1(n2cc(Cl)c(=O)[nH]c2=O)O[C@](F)(COP2(=O)OCc3cc(C)cc(C)c3O2)C[C@H]1O. The van der Waals surface area contributed by atoms with E-state index < -0.39 is 55.3 Å². The van der Waals surface area contributed by atoms with Crippen molar-refractivity contribution in [2.45, 2.75) is 45.0 Å². The Morgan fingerprint density at radius 3 is 2.97 bits per heavy atom. The molecule has 4 atom stereocenters. The number of aliphatic hydroxyl groups is 1. The van der Waals surface area contributed by atoms with E-state index in [-0.39, 0.29) is 6.61 Å². The number of halogens is 2. The van der Waals surface area contributed by atoms with Crippen molar-refractivity contribution >= 4 is 19.4 Å². The number of hydrogen-bond acceptors (Lipinski definition) is 8. The van der Waals surface area contributed by atoms with Gasteiger partial charge in [0.05, 0.1) is 7.98 Å². The number of fused-ring (bicyclic) bond motifs is 1. The van der Waals surface area contributed by atoms with Gasteiger partial charge in [0.15, 0.2) is 6.20 Å². The molecule has 1 unspecified atom stereocenters. The van der Waals surface area contributed by atoms with E-state index >= 15 is 4.39 Å². The second-order valence-electron chi connectivity index (χ2n) is 7.31. The number of hydrogen-bond donors (Lipinski definition) is 2. The third-order valence-electron chi connectivity index (χ3n) is 4.72. The molecule has 4 rings (SSSR count). The predicted octanol–water partition coefficient (Wildman–Crippen LogP) is 2.49. The average Bonchev–Trinajstić information content (AvgIpc) is 2.94. The topological polar surface area (TPSA) is 129 Å². The molecule has 2 aliphatic heterocycles. The summed E-state index contributed by atoms with van der Waals surface area (Å²) in [5, 5.41) is 9.81. The summed E-state index contributed by atoms with van der Waals surface area (Å²) in [6.07, 6.45) is -4.60. The zero-order valence-corrected chi connectivity index (χ0v) is 18.0. The summed E-state index contributed by atoms with van der Waals surface area (Å²) in [6.45, 7) is 2.50. The zero-order chi connectivity index (χ0) is 23.5. The van der Waals surface area contributed by atoms with Crippen molar-refractivity contribution in [1.82, 2.24) is 9.55 Å². The lowest BCUT2D eigenvalue weighted by Gasteiger charge is -2.28. The number of aromatic amines is 1. The Morgan fingerprint density at radius 1 is 1.48 bits per heavy atom. The summed E-state index contributed by atoms with van der Waals surface area (Å²) in [5.74, 6) is -2.54. The van der Waals surface area contributed by atoms with Crippen molar-refractivity contribution in [2.75, 3.05) is 6.61 Å². The van der Waals surface area contributed by atoms with E-state index in [4.69, 9.17) is 31.3 Å². The van der Waals surface area contributed by atoms with Crippen LogP contribution in [0.1, 0.15) is 30.7 Å². The quantitative estimate of drug-likeness (QED) is 0.643. The first-order valence-corrected chi connectivity index (χ1v) is 11.0. The monoisotopic (exact) mass is 477 g/mol. The van der Waals surface area contributed by atoms with E-state index in [1.807, 2.05) is 18.0 Å². The zero-order valence-electron chi connectivity index (χ0n) is 17.4. The van der Waals surface area contributed by atoms with Crippen LogP contribution in [0.2, 0.25) is 5.02 Å². The Morgan fingerprint density at radius 2 is 2.23 bits per heavy atom. The van der Waals surface area contributed by atoms with Gasteiger partial charge in [-0.05, 0) is 19.4 Å². The highest BCUT2D eigenvalue weighted by Gasteiger charge is 2.50. The molecule has 0 bridgehead atoms. The van der Waals surface area contributed by atoms with E-state index in [1.54, 1.807) is 13.0 Å². The van der Waals surface area contributed by atoms with Gasteiger partial charge in [-0.3, -0.25) is 23.4 Å². The lowest BCUT2D eigenvalue weighted by molar-refractivity contribution is -0.179. The van der Waals surface area contributed by atoms with Gasteiger partial charge in [0.1, 0.15) is 23.5 Å². The third kappa shape index (κ3) is 4.34. The summed E-state index contributed by atoms with van der Waals surface area (Å²) in [5.41, 5.74) is 0.224. The van der Waals surface area contributed by atoms with Crippen LogP contribution in [0, 0.1) is 13.8 Å². The molecule has 168 valence electrons. The van der Waals surface area contributed by atoms with Crippen LogP contribution < -0.4 is 15.8 Å². The van der Waals surface area contributed by atoms with Crippen LogP contribution in [-0.4, -0.2) is 33.2 Å². The number of nitrogens with zero attached hydrogens (tertiary/aromatic N) is 1. The lowest BCUT2D eigenvalue weighted by Crippen LogP contribution is -2.36. The number of benzene rings is 1. The Balaban J connectivity index is 1.53. The number of phosphoric ester groups is 1. The number of aromatic nitrogens is 2. The van der Waals surface area contributed by atoms with E-state index in [0.717, 1.165) is 11.8 Å². The van der Waals surface area contributed by atoms with Crippen molar-refractivity contribution in [3.8, 4) is 5.75 Å². The number of ether oxygens (including phenoxy) is 1. The first-order chi connectivity index (χ1) is 14.8. The molecule has 1 fully saturated rings. The van der Waals surface area contributed by atoms with Crippen molar-refractivity contribution in [2.24, 2.45) is 0 Å². The van der Waals surface area contributed by atoms with Crippen molar-refractivity contribution < 1.29 is 33.7 Å². The van der Waals surface area contributed by atoms with Crippen LogP contribution in [0.5, 0.6) is 5.75 Å². The van der Waals surface area contributed by atoms with Gasteiger partial charge in [-0.1, -0.05) is 29.3 Å². The molecule has 13 heteroatoms. The van der Waals surface area contributed by atoms with Gasteiger partial charge >= 0.3 is 13.5 Å². The van der Waals surface area contributed by atoms with Gasteiger partial charge in [-0.2, -0.15) is 0 Å². The van der Waals surface area contributed by atoms with Crippen molar-refractivity contribution in [3.05, 3.63) is 60.9 Å². The molecule has 2 N–H and O–H groups in total. The van der Waals surface area contributed by atoms with Crippen LogP contribution in [0.4, 0.5) is 4.39 Å². The van der Waals surface area contributed by atoms with Gasteiger partial charge in [0.2, 0.25) is 5.85 Å². The molecule has 0 radical (unpaired) electrons. The molecule has 1 saturated heterocycles. The maximum absolute atomic E-state index is 15.3. The highest BCUT2D eigenvalue weighted by Crippen LogP contribution is 2.56. The maximum atomic E-state index is 15.3. The summed E-state index contributed by atoms with van der Waals surface area (Å²) in [7, 11) is -4.24. The summed E-state index contributed by atoms with van der Waals surface area (Å²) in [6, 6.07) is 3.60. The predicted molar refractivity (Wildman–Crippen MR) is 106 cm³/mol. The molecule has 1 aromatic heterocycles. The molecule has 2 aromatic rings. The van der Waals surface area contributed by atoms with Crippen molar-refractivity contribution in [1.29, 1.82) is 0 Å². The molecule has 0 saturated carbocycles. The Hall–Kier alpha value is -2.01. The molecule has 0 spiro atoms. The number of rotatable bonds is 4. The minimum Gasteiger partial charge on any atom is -0.403 e. The molecule has 2 aliphatic rings. The smallest absolute Gasteiger partial charge is 0.403 e. The van der Waals surface area contributed by atoms with E-state index in [9.17, 15) is 19.3 Å². The van der Waals surface area contributed by atoms with Crippen LogP contribution in [-0.2, 0) is 25.0 Å². The van der Waals surface area contributed by atoms with Crippen LogP contribution in [0.3, 0.4) is 0 Å². The van der Waals surface area contributed by atoms with Gasteiger partial charge in [-0.25, -0.2) is 13.8 Å². The van der Waals surface area contributed by atoms with Crippen LogP contribution >= 0.6 is 19.4 Å². The fraction of sp³-hybridized carbons (Fsp3) is 0.444. The fourth-order valence-electron chi connectivity index (χ4n) is 3.39. The average molecular weight is 478 g/mol. The van der Waals surface area contributed by atoms with Crippen LogP contribution in [0.15, 0.2) is 27.9 Å². The largest absolute Gasteiger partial charge is 0.530 e. The van der Waals surface area contributed by atoms with Gasteiger partial charge in [0, 0.05) is 18.2 Å². The molecule has 10 nitrogen and oxygen atoms in total. The Kier molecular flexibility index (Phi) is 5.28. The summed E-state index contributed by atoms with van der Waals surface area (Å²) in [4.78, 5) is 25.4. The van der Waals surface area contributed by atoms with Gasteiger partial charge < -0.3 is 14.4 Å². The minimum atomic E-state index is -4.24. The Labute approximate surface area is 181 Å². The molecular weight excluding hydrogens is 458 g/mol. The van der Waals surface area contributed by atoms with Crippen LogP contribution in [0.25, 0.3) is 0 Å². The molecule has 1 aromatic carbocycles. The standard InChI is InChI=1S/C18H19ClFN2O8P/c1-9-3-10(2)14-11(4-9)7-27-31(26,30-14)28-8-18(20)5-13(23)16(29-18)22-6-12(19)15(24)21-17(22)25/h3-4,6,13,16,23H,5,7-8H2,1-2H3,(H,21,24,25)/t13-,16-,18+,31?/m1/s1/i16D. The normalized spacial score (nSPS) is 32.9. The van der Waals surface area contributed by atoms with Crippen molar-refractivity contribution in [3.63, 3.8) is 0 Å². The minimum absolute atomic E-state index is 0.0917. The van der Waals surface area contributed by atoms with Gasteiger partial charge in [0.25, 0.3) is 5.56 Å². The molecule has 31 heavy (non-hydrogen) atoms. The van der Waals surface area contributed by atoms with E-state index in [0.29, 0.717) is 21.4 Å². The van der Waals surface area contributed by atoms with E-state index in [2.05, 4.69) is 0 Å². The molecular formula is C18H19ClFN2O8P. The lowest BCUT2D eigenvalue weighted by atomic mass is 10.1. The molecule has 0 amide bonds.